The molecule has 0 spiro atoms. The summed E-state index contributed by atoms with van der Waals surface area (Å²) in [4.78, 5) is 35.1. The van der Waals surface area contributed by atoms with E-state index in [-0.39, 0.29) is 34.7 Å². The molecule has 3 aromatic rings. The fourth-order valence-corrected chi connectivity index (χ4v) is 2.83. The zero-order valence-corrected chi connectivity index (χ0v) is 16.9. The summed E-state index contributed by atoms with van der Waals surface area (Å²) in [5, 5.41) is 22.9. The Balaban J connectivity index is 1.68. The van der Waals surface area contributed by atoms with Gasteiger partial charge in [0.15, 0.2) is 0 Å². The molecule has 9 nitrogen and oxygen atoms in total. The van der Waals surface area contributed by atoms with Crippen molar-refractivity contribution in [2.75, 3.05) is 0 Å². The molecule has 0 radical (unpaired) electrons. The minimum absolute atomic E-state index is 0.0863. The maximum atomic E-state index is 12.4. The number of carbonyl (C=O) groups excluding carboxylic acids is 2. The summed E-state index contributed by atoms with van der Waals surface area (Å²) >= 11 is 0. The molecule has 1 amide bonds. The summed E-state index contributed by atoms with van der Waals surface area (Å²) in [5.74, 6) is -0.523. The van der Waals surface area contributed by atoms with Gasteiger partial charge in [0, 0.05) is 11.6 Å². The minimum atomic E-state index is -0.732. The van der Waals surface area contributed by atoms with Crippen molar-refractivity contribution in [2.45, 2.75) is 13.5 Å². The average molecular weight is 431 g/mol. The highest BCUT2D eigenvalue weighted by molar-refractivity contribution is 6.01. The molecule has 0 atom stereocenters. The van der Waals surface area contributed by atoms with E-state index < -0.39 is 16.8 Å². The lowest BCUT2D eigenvalue weighted by atomic mass is 10.1. The topological polar surface area (TPSA) is 135 Å². The Bertz CT molecular complexity index is 1220. The second-order valence-electron chi connectivity index (χ2n) is 6.60. The Morgan fingerprint density at radius 3 is 2.56 bits per heavy atom. The zero-order valence-electron chi connectivity index (χ0n) is 16.9. The Morgan fingerprint density at radius 2 is 1.94 bits per heavy atom. The quantitative estimate of drug-likeness (QED) is 0.149. The van der Waals surface area contributed by atoms with Crippen molar-refractivity contribution in [3.63, 3.8) is 0 Å². The average Bonchev–Trinajstić information content (AvgIpc) is 3.30. The molecule has 0 saturated heterocycles. The van der Waals surface area contributed by atoms with Gasteiger partial charge in [-0.25, -0.2) is 4.79 Å². The van der Waals surface area contributed by atoms with Crippen LogP contribution in [-0.2, 0) is 11.3 Å². The van der Waals surface area contributed by atoms with Gasteiger partial charge in [-0.1, -0.05) is 18.2 Å². The predicted molar refractivity (Wildman–Crippen MR) is 113 cm³/mol. The van der Waals surface area contributed by atoms with E-state index in [1.165, 1.54) is 49.6 Å². The van der Waals surface area contributed by atoms with Gasteiger partial charge >= 0.3 is 5.97 Å². The summed E-state index contributed by atoms with van der Waals surface area (Å²) in [6.07, 6.45) is 2.88. The van der Waals surface area contributed by atoms with E-state index in [0.29, 0.717) is 11.3 Å². The van der Waals surface area contributed by atoms with E-state index in [0.717, 1.165) is 0 Å². The Hall–Kier alpha value is -4.71. The van der Waals surface area contributed by atoms with Crippen LogP contribution in [0, 0.1) is 28.4 Å². The fraction of sp³-hybridized carbons (Fsp3) is 0.0870. The molecule has 9 heteroatoms. The molecule has 1 aromatic heterocycles. The molecular formula is C23H17N3O6. The van der Waals surface area contributed by atoms with Crippen LogP contribution in [0.25, 0.3) is 6.08 Å². The van der Waals surface area contributed by atoms with Gasteiger partial charge in [0.1, 0.15) is 23.2 Å². The largest absolute Gasteiger partial charge is 0.467 e. The Morgan fingerprint density at radius 1 is 1.19 bits per heavy atom. The number of carbonyl (C=O) groups is 2. The van der Waals surface area contributed by atoms with Crippen molar-refractivity contribution in [1.29, 1.82) is 5.26 Å². The van der Waals surface area contributed by atoms with Crippen LogP contribution in [0.1, 0.15) is 27.2 Å². The van der Waals surface area contributed by atoms with Gasteiger partial charge in [-0.2, -0.15) is 5.26 Å². The van der Waals surface area contributed by atoms with E-state index in [1.54, 1.807) is 24.3 Å². The third-order valence-corrected chi connectivity index (χ3v) is 4.49. The number of nitro groups is 1. The monoisotopic (exact) mass is 431 g/mol. The maximum absolute atomic E-state index is 12.4. The number of nitriles is 1. The van der Waals surface area contributed by atoms with Crippen molar-refractivity contribution < 1.29 is 23.7 Å². The van der Waals surface area contributed by atoms with Gasteiger partial charge in [0.2, 0.25) is 0 Å². The SMILES string of the molecule is Cc1c(C(=O)Oc2ccc(/C=C(\C#N)C(=O)NCc3ccco3)cc2)cccc1[N+](=O)[O-]. The lowest BCUT2D eigenvalue weighted by molar-refractivity contribution is -0.385. The number of furan rings is 1. The van der Waals surface area contributed by atoms with Crippen molar-refractivity contribution in [3.8, 4) is 11.8 Å². The molecule has 0 saturated carbocycles. The number of amides is 1. The van der Waals surface area contributed by atoms with E-state index in [4.69, 9.17) is 9.15 Å². The van der Waals surface area contributed by atoms with Crippen molar-refractivity contribution >= 4 is 23.6 Å². The lowest BCUT2D eigenvalue weighted by Gasteiger charge is -2.07. The van der Waals surface area contributed by atoms with E-state index in [2.05, 4.69) is 5.32 Å². The van der Waals surface area contributed by atoms with Crippen LogP contribution in [0.15, 0.2) is 70.9 Å². The first-order valence-electron chi connectivity index (χ1n) is 9.37. The summed E-state index contributed by atoms with van der Waals surface area (Å²) < 4.78 is 10.4. The van der Waals surface area contributed by atoms with Crippen molar-refractivity contribution in [3.05, 3.63) is 99.0 Å². The highest BCUT2D eigenvalue weighted by Crippen LogP contribution is 2.23. The molecule has 0 aliphatic carbocycles. The fourth-order valence-electron chi connectivity index (χ4n) is 2.83. The van der Waals surface area contributed by atoms with Crippen LogP contribution in [0.4, 0.5) is 5.69 Å². The van der Waals surface area contributed by atoms with Crippen molar-refractivity contribution in [1.82, 2.24) is 5.32 Å². The molecule has 0 fully saturated rings. The molecule has 32 heavy (non-hydrogen) atoms. The number of hydrogen-bond donors (Lipinski definition) is 1. The zero-order chi connectivity index (χ0) is 23.1. The smallest absolute Gasteiger partial charge is 0.344 e. The summed E-state index contributed by atoms with van der Waals surface area (Å²) in [6, 6.07) is 15.5. The number of hydrogen-bond acceptors (Lipinski definition) is 7. The third kappa shape index (κ3) is 5.25. The molecule has 0 aliphatic heterocycles. The highest BCUT2D eigenvalue weighted by Gasteiger charge is 2.19. The molecule has 3 rings (SSSR count). The van der Waals surface area contributed by atoms with Crippen LogP contribution in [0.5, 0.6) is 5.75 Å². The predicted octanol–water partition coefficient (Wildman–Crippen LogP) is 3.94. The molecular weight excluding hydrogens is 414 g/mol. The van der Waals surface area contributed by atoms with E-state index in [1.807, 2.05) is 6.07 Å². The molecule has 0 unspecified atom stereocenters. The first kappa shape index (κ1) is 22.0. The van der Waals surface area contributed by atoms with Gasteiger partial charge in [0.25, 0.3) is 11.6 Å². The van der Waals surface area contributed by atoms with E-state index >= 15 is 0 Å². The van der Waals surface area contributed by atoms with Crippen LogP contribution in [-0.4, -0.2) is 16.8 Å². The van der Waals surface area contributed by atoms with Gasteiger partial charge in [-0.3, -0.25) is 14.9 Å². The molecule has 0 aliphatic rings. The van der Waals surface area contributed by atoms with Gasteiger partial charge in [0.05, 0.1) is 23.3 Å². The molecule has 1 N–H and O–H groups in total. The Labute approximate surface area is 182 Å². The summed E-state index contributed by atoms with van der Waals surface area (Å²) in [7, 11) is 0. The van der Waals surface area contributed by atoms with Gasteiger partial charge < -0.3 is 14.5 Å². The van der Waals surface area contributed by atoms with Crippen LogP contribution >= 0.6 is 0 Å². The van der Waals surface area contributed by atoms with Gasteiger partial charge in [-0.15, -0.1) is 0 Å². The number of nitro benzene ring substituents is 1. The number of ether oxygens (including phenoxy) is 1. The number of rotatable bonds is 7. The first-order chi connectivity index (χ1) is 15.4. The maximum Gasteiger partial charge on any atom is 0.344 e. The van der Waals surface area contributed by atoms with Crippen molar-refractivity contribution in [2.24, 2.45) is 0 Å². The normalized spacial score (nSPS) is 10.8. The number of nitrogens with one attached hydrogen (secondary N) is 1. The van der Waals surface area contributed by atoms with Crippen LogP contribution in [0.3, 0.4) is 0 Å². The second-order valence-corrected chi connectivity index (χ2v) is 6.60. The number of benzene rings is 2. The summed E-state index contributed by atoms with van der Waals surface area (Å²) in [5.41, 5.74) is 0.563. The lowest BCUT2D eigenvalue weighted by Crippen LogP contribution is -2.23. The van der Waals surface area contributed by atoms with Crippen LogP contribution in [0.2, 0.25) is 0 Å². The number of esters is 1. The second kappa shape index (κ2) is 9.86. The number of nitrogens with zero attached hydrogens (tertiary/aromatic N) is 2. The van der Waals surface area contributed by atoms with Crippen LogP contribution < -0.4 is 10.1 Å². The van der Waals surface area contributed by atoms with Gasteiger partial charge in [-0.05, 0) is 48.9 Å². The molecule has 160 valence electrons. The molecule has 1 heterocycles. The van der Waals surface area contributed by atoms with E-state index in [9.17, 15) is 25.0 Å². The standard InChI is InChI=1S/C23H17N3O6/c1-15-20(5-2-6-21(15)26(29)30)23(28)32-18-9-7-16(8-10-18)12-17(13-24)22(27)25-14-19-4-3-11-31-19/h2-12H,14H2,1H3,(H,25,27)/b17-12+. The minimum Gasteiger partial charge on any atom is -0.467 e. The Kier molecular flexibility index (Phi) is 6.78. The highest BCUT2D eigenvalue weighted by atomic mass is 16.6. The molecule has 0 bridgehead atoms. The first-order valence-corrected chi connectivity index (χ1v) is 9.37. The third-order valence-electron chi connectivity index (χ3n) is 4.49. The summed E-state index contributed by atoms with van der Waals surface area (Å²) in [6.45, 7) is 1.62. The molecule has 2 aromatic carbocycles.